The van der Waals surface area contributed by atoms with Crippen molar-refractivity contribution in [2.75, 3.05) is 12.3 Å². The predicted molar refractivity (Wildman–Crippen MR) is 135 cm³/mol. The van der Waals surface area contributed by atoms with Gasteiger partial charge in [-0.15, -0.1) is 11.8 Å². The number of benzene rings is 1. The number of aromatic nitrogens is 3. The van der Waals surface area contributed by atoms with Crippen LogP contribution in [0.25, 0.3) is 11.3 Å². The fourth-order valence-electron chi connectivity index (χ4n) is 5.04. The number of hydrogen-bond acceptors (Lipinski definition) is 5. The molecule has 0 unspecified atom stereocenters. The van der Waals surface area contributed by atoms with E-state index in [9.17, 15) is 4.79 Å². The molecule has 0 saturated heterocycles. The van der Waals surface area contributed by atoms with E-state index in [-0.39, 0.29) is 5.56 Å². The predicted octanol–water partition coefficient (Wildman–Crippen LogP) is 5.55. The molecule has 1 aromatic carbocycles. The third-order valence-corrected chi connectivity index (χ3v) is 7.74. The first-order valence-electron chi connectivity index (χ1n) is 12.2. The van der Waals surface area contributed by atoms with Crippen molar-refractivity contribution in [3.05, 3.63) is 75.6 Å². The van der Waals surface area contributed by atoms with E-state index in [0.717, 1.165) is 66.4 Å². The SMILES string of the molecule is CCSc1ccc(-c2ccc(CN3CCc4nc(C5CCCCC5)[nH]c(=O)c4C3)cn2)cc1. The van der Waals surface area contributed by atoms with Crippen LogP contribution in [-0.2, 0) is 19.5 Å². The van der Waals surface area contributed by atoms with Crippen molar-refractivity contribution in [3.63, 3.8) is 0 Å². The molecule has 0 spiro atoms. The van der Waals surface area contributed by atoms with E-state index < -0.39 is 0 Å². The monoisotopic (exact) mass is 460 g/mol. The molecule has 1 N–H and O–H groups in total. The van der Waals surface area contributed by atoms with Crippen LogP contribution in [0.1, 0.15) is 67.6 Å². The van der Waals surface area contributed by atoms with Gasteiger partial charge >= 0.3 is 0 Å². The van der Waals surface area contributed by atoms with Crippen LogP contribution in [-0.4, -0.2) is 32.1 Å². The van der Waals surface area contributed by atoms with Crippen molar-refractivity contribution < 1.29 is 0 Å². The maximum Gasteiger partial charge on any atom is 0.255 e. The van der Waals surface area contributed by atoms with E-state index in [0.29, 0.717) is 12.5 Å². The second kappa shape index (κ2) is 10.2. The Hall–Kier alpha value is -2.44. The maximum absolute atomic E-state index is 12.9. The van der Waals surface area contributed by atoms with Gasteiger partial charge in [-0.1, -0.05) is 44.4 Å². The Balaban J connectivity index is 1.24. The summed E-state index contributed by atoms with van der Waals surface area (Å²) in [5, 5.41) is 0. The fraction of sp³-hybridized carbons (Fsp3) is 0.444. The summed E-state index contributed by atoms with van der Waals surface area (Å²) in [4.78, 5) is 29.2. The van der Waals surface area contributed by atoms with E-state index in [2.05, 4.69) is 53.2 Å². The van der Waals surface area contributed by atoms with Crippen LogP contribution in [0.2, 0.25) is 0 Å². The van der Waals surface area contributed by atoms with Crippen LogP contribution >= 0.6 is 11.8 Å². The van der Waals surface area contributed by atoms with Crippen molar-refractivity contribution in [1.82, 2.24) is 19.9 Å². The Morgan fingerprint density at radius 3 is 2.64 bits per heavy atom. The Labute approximate surface area is 200 Å². The van der Waals surface area contributed by atoms with Gasteiger partial charge in [0.2, 0.25) is 0 Å². The van der Waals surface area contributed by atoms with Crippen molar-refractivity contribution in [3.8, 4) is 11.3 Å². The lowest BCUT2D eigenvalue weighted by atomic mass is 9.88. The zero-order valence-corrected chi connectivity index (χ0v) is 20.2. The molecule has 5 rings (SSSR count). The summed E-state index contributed by atoms with van der Waals surface area (Å²) in [6, 6.07) is 12.9. The topological polar surface area (TPSA) is 61.9 Å². The molecule has 0 bridgehead atoms. The maximum atomic E-state index is 12.9. The largest absolute Gasteiger partial charge is 0.310 e. The molecular formula is C27H32N4OS. The van der Waals surface area contributed by atoms with Gasteiger partial charge in [0.15, 0.2) is 0 Å². The van der Waals surface area contributed by atoms with Crippen molar-refractivity contribution in [2.45, 2.75) is 69.4 Å². The third-order valence-electron chi connectivity index (χ3n) is 6.85. The highest BCUT2D eigenvalue weighted by atomic mass is 32.2. The van der Waals surface area contributed by atoms with Crippen LogP contribution in [0.4, 0.5) is 0 Å². The molecule has 1 fully saturated rings. The van der Waals surface area contributed by atoms with Gasteiger partial charge in [0.05, 0.1) is 17.0 Å². The van der Waals surface area contributed by atoms with Gasteiger partial charge in [-0.2, -0.15) is 0 Å². The minimum Gasteiger partial charge on any atom is -0.310 e. The molecule has 2 aromatic heterocycles. The lowest BCUT2D eigenvalue weighted by Crippen LogP contribution is -2.36. The molecule has 1 saturated carbocycles. The Morgan fingerprint density at radius 1 is 1.09 bits per heavy atom. The molecule has 6 heteroatoms. The van der Waals surface area contributed by atoms with Crippen LogP contribution in [0, 0.1) is 0 Å². The Kier molecular flexibility index (Phi) is 6.93. The molecule has 0 atom stereocenters. The quantitative estimate of drug-likeness (QED) is 0.489. The summed E-state index contributed by atoms with van der Waals surface area (Å²) in [6.07, 6.45) is 8.91. The van der Waals surface area contributed by atoms with Gasteiger partial charge in [0.1, 0.15) is 5.82 Å². The minimum atomic E-state index is 0.0587. The number of pyridine rings is 1. The van der Waals surface area contributed by atoms with Crippen LogP contribution < -0.4 is 5.56 Å². The van der Waals surface area contributed by atoms with Gasteiger partial charge in [-0.05, 0) is 42.4 Å². The van der Waals surface area contributed by atoms with E-state index in [1.165, 1.54) is 29.7 Å². The molecule has 0 amide bonds. The van der Waals surface area contributed by atoms with Crippen LogP contribution in [0.5, 0.6) is 0 Å². The zero-order chi connectivity index (χ0) is 22.6. The molecule has 2 aliphatic rings. The zero-order valence-electron chi connectivity index (χ0n) is 19.3. The van der Waals surface area contributed by atoms with Crippen molar-refractivity contribution in [2.24, 2.45) is 0 Å². The Morgan fingerprint density at radius 2 is 1.91 bits per heavy atom. The van der Waals surface area contributed by atoms with E-state index in [4.69, 9.17) is 9.97 Å². The third kappa shape index (κ3) is 5.22. The molecule has 33 heavy (non-hydrogen) atoms. The van der Waals surface area contributed by atoms with Gasteiger partial charge in [0.25, 0.3) is 5.56 Å². The minimum absolute atomic E-state index is 0.0587. The van der Waals surface area contributed by atoms with Gasteiger partial charge in [-0.3, -0.25) is 14.7 Å². The number of rotatable bonds is 6. The first-order valence-corrected chi connectivity index (χ1v) is 13.2. The first kappa shape index (κ1) is 22.4. The number of aromatic amines is 1. The summed E-state index contributed by atoms with van der Waals surface area (Å²) in [5.74, 6) is 2.44. The summed E-state index contributed by atoms with van der Waals surface area (Å²) in [7, 11) is 0. The summed E-state index contributed by atoms with van der Waals surface area (Å²) in [5.41, 5.74) is 5.21. The van der Waals surface area contributed by atoms with Crippen molar-refractivity contribution in [1.29, 1.82) is 0 Å². The molecule has 1 aliphatic heterocycles. The number of thioether (sulfide) groups is 1. The summed E-state index contributed by atoms with van der Waals surface area (Å²) in [6.45, 7) is 4.54. The van der Waals surface area contributed by atoms with E-state index >= 15 is 0 Å². The fourth-order valence-corrected chi connectivity index (χ4v) is 5.70. The summed E-state index contributed by atoms with van der Waals surface area (Å²) < 4.78 is 0. The molecule has 172 valence electrons. The molecule has 0 radical (unpaired) electrons. The number of nitrogens with one attached hydrogen (secondary N) is 1. The number of H-pyrrole nitrogens is 1. The van der Waals surface area contributed by atoms with Gasteiger partial charge in [0, 0.05) is 48.6 Å². The van der Waals surface area contributed by atoms with Crippen LogP contribution in [0.3, 0.4) is 0 Å². The molecule has 1 aliphatic carbocycles. The smallest absolute Gasteiger partial charge is 0.255 e. The van der Waals surface area contributed by atoms with Gasteiger partial charge < -0.3 is 4.98 Å². The molecule has 3 heterocycles. The average molecular weight is 461 g/mol. The highest BCUT2D eigenvalue weighted by molar-refractivity contribution is 7.99. The lowest BCUT2D eigenvalue weighted by Gasteiger charge is -2.28. The number of hydrogen-bond donors (Lipinski definition) is 1. The highest BCUT2D eigenvalue weighted by Crippen LogP contribution is 2.31. The van der Waals surface area contributed by atoms with E-state index in [1.807, 2.05) is 18.0 Å². The van der Waals surface area contributed by atoms with Gasteiger partial charge in [-0.25, -0.2) is 4.98 Å². The normalized spacial score (nSPS) is 17.1. The second-order valence-corrected chi connectivity index (χ2v) is 10.5. The van der Waals surface area contributed by atoms with Crippen LogP contribution in [0.15, 0.2) is 52.3 Å². The average Bonchev–Trinajstić information content (AvgIpc) is 2.86. The standard InChI is InChI=1S/C27H32N4OS/c1-2-33-22-11-9-20(10-12-22)24-13-8-19(16-28-24)17-31-15-14-25-23(18-31)27(32)30-26(29-25)21-6-4-3-5-7-21/h8-13,16,21H,2-7,14-15,17-18H2,1H3,(H,29,30,32). The first-order chi connectivity index (χ1) is 16.2. The molecule has 5 nitrogen and oxygen atoms in total. The number of nitrogens with zero attached hydrogens (tertiary/aromatic N) is 3. The highest BCUT2D eigenvalue weighted by Gasteiger charge is 2.24. The molecule has 3 aromatic rings. The number of fused-ring (bicyclic) bond motifs is 1. The molecular weight excluding hydrogens is 428 g/mol. The lowest BCUT2D eigenvalue weighted by molar-refractivity contribution is 0.240. The Bertz CT molecular complexity index is 1130. The van der Waals surface area contributed by atoms with E-state index in [1.54, 1.807) is 0 Å². The summed E-state index contributed by atoms with van der Waals surface area (Å²) >= 11 is 1.85. The second-order valence-electron chi connectivity index (χ2n) is 9.18. The van der Waals surface area contributed by atoms with Crippen molar-refractivity contribution >= 4 is 11.8 Å².